The second-order valence-corrected chi connectivity index (χ2v) is 5.73. The fraction of sp³-hybridized carbons (Fsp3) is 0.333. The number of aryl methyl sites for hydroxylation is 1. The van der Waals surface area contributed by atoms with Crippen LogP contribution >= 0.6 is 11.3 Å². The van der Waals surface area contributed by atoms with Gasteiger partial charge in [-0.3, -0.25) is 0 Å². The van der Waals surface area contributed by atoms with Crippen molar-refractivity contribution in [3.05, 3.63) is 45.4 Å². The van der Waals surface area contributed by atoms with Crippen molar-refractivity contribution in [2.45, 2.75) is 33.3 Å². The lowest BCUT2D eigenvalue weighted by Crippen LogP contribution is -1.96. The molecule has 1 heterocycles. The summed E-state index contributed by atoms with van der Waals surface area (Å²) in [4.78, 5) is 4.99. The smallest absolute Gasteiger partial charge is 0.140 e. The largest absolute Gasteiger partial charge is 0.486 e. The lowest BCUT2D eigenvalue weighted by Gasteiger charge is -2.08. The second-order valence-electron chi connectivity index (χ2n) is 4.65. The Morgan fingerprint density at radius 1 is 1.42 bits per heavy atom. The Hall–Kier alpha value is -1.86. The van der Waals surface area contributed by atoms with Gasteiger partial charge in [0.15, 0.2) is 0 Å². The molecular weight excluding hydrogens is 256 g/mol. The van der Waals surface area contributed by atoms with Crippen LogP contribution in [0.2, 0.25) is 0 Å². The van der Waals surface area contributed by atoms with E-state index in [0.29, 0.717) is 17.4 Å². The van der Waals surface area contributed by atoms with Crippen LogP contribution in [0.5, 0.6) is 5.75 Å². The van der Waals surface area contributed by atoms with Crippen molar-refractivity contribution in [2.75, 3.05) is 0 Å². The van der Waals surface area contributed by atoms with Gasteiger partial charge >= 0.3 is 0 Å². The fourth-order valence-electron chi connectivity index (χ4n) is 1.73. The maximum Gasteiger partial charge on any atom is 0.140 e. The van der Waals surface area contributed by atoms with Crippen LogP contribution in [0.25, 0.3) is 0 Å². The third kappa shape index (κ3) is 3.33. The van der Waals surface area contributed by atoms with E-state index < -0.39 is 0 Å². The van der Waals surface area contributed by atoms with E-state index in [1.54, 1.807) is 0 Å². The molecule has 4 heteroatoms. The summed E-state index contributed by atoms with van der Waals surface area (Å²) in [6, 6.07) is 10.2. The average Bonchev–Trinajstić information content (AvgIpc) is 2.77. The maximum absolute atomic E-state index is 8.89. The third-order valence-electron chi connectivity index (χ3n) is 2.83. The number of nitriles is 1. The number of nitrogens with zero attached hydrogens (tertiary/aromatic N) is 2. The van der Waals surface area contributed by atoms with Crippen molar-refractivity contribution in [1.82, 2.24) is 4.98 Å². The summed E-state index contributed by atoms with van der Waals surface area (Å²) in [6.07, 6.45) is 0. The van der Waals surface area contributed by atoms with Crippen LogP contribution in [0, 0.1) is 18.3 Å². The topological polar surface area (TPSA) is 45.9 Å². The SMILES string of the molecule is Cc1nc(COc2cccc(C(C)C)c2)sc1C#N. The monoisotopic (exact) mass is 272 g/mol. The molecule has 0 aliphatic heterocycles. The van der Waals surface area contributed by atoms with Gasteiger partial charge in [-0.05, 0) is 30.5 Å². The summed E-state index contributed by atoms with van der Waals surface area (Å²) < 4.78 is 5.73. The quantitative estimate of drug-likeness (QED) is 0.844. The van der Waals surface area contributed by atoms with Gasteiger partial charge in [0, 0.05) is 0 Å². The molecule has 0 aliphatic carbocycles. The number of ether oxygens (including phenoxy) is 1. The number of rotatable bonds is 4. The molecule has 0 saturated heterocycles. The first-order chi connectivity index (χ1) is 9.10. The van der Waals surface area contributed by atoms with Crippen molar-refractivity contribution < 1.29 is 4.74 Å². The molecule has 0 N–H and O–H groups in total. The van der Waals surface area contributed by atoms with Crippen LogP contribution in [-0.4, -0.2) is 4.98 Å². The van der Waals surface area contributed by atoms with Gasteiger partial charge in [0.1, 0.15) is 28.3 Å². The molecular formula is C15H16N2OS. The Balaban J connectivity index is 2.06. The minimum Gasteiger partial charge on any atom is -0.486 e. The van der Waals surface area contributed by atoms with Crippen LogP contribution < -0.4 is 4.74 Å². The zero-order valence-electron chi connectivity index (χ0n) is 11.3. The second kappa shape index (κ2) is 5.85. The predicted molar refractivity (Wildman–Crippen MR) is 76.4 cm³/mol. The van der Waals surface area contributed by atoms with Crippen LogP contribution in [0.3, 0.4) is 0 Å². The van der Waals surface area contributed by atoms with E-state index in [2.05, 4.69) is 37.0 Å². The van der Waals surface area contributed by atoms with Crippen molar-refractivity contribution in [2.24, 2.45) is 0 Å². The lowest BCUT2D eigenvalue weighted by molar-refractivity contribution is 0.305. The molecule has 0 fully saturated rings. The molecule has 1 aromatic carbocycles. The Morgan fingerprint density at radius 3 is 2.84 bits per heavy atom. The normalized spacial score (nSPS) is 10.5. The highest BCUT2D eigenvalue weighted by Gasteiger charge is 2.08. The average molecular weight is 272 g/mol. The number of hydrogen-bond donors (Lipinski definition) is 0. The number of aromatic nitrogens is 1. The molecule has 0 bridgehead atoms. The number of hydrogen-bond acceptors (Lipinski definition) is 4. The highest BCUT2D eigenvalue weighted by atomic mass is 32.1. The van der Waals surface area contributed by atoms with Crippen LogP contribution in [0.15, 0.2) is 24.3 Å². The molecule has 19 heavy (non-hydrogen) atoms. The standard InChI is InChI=1S/C15H16N2OS/c1-10(2)12-5-4-6-13(7-12)18-9-15-17-11(3)14(8-16)19-15/h4-7,10H,9H2,1-3H3. The van der Waals surface area contributed by atoms with Gasteiger partial charge in [0.25, 0.3) is 0 Å². The molecule has 0 radical (unpaired) electrons. The van der Waals surface area contributed by atoms with Crippen LogP contribution in [0.4, 0.5) is 0 Å². The summed E-state index contributed by atoms with van der Waals surface area (Å²) in [5, 5.41) is 9.73. The molecule has 0 saturated carbocycles. The first-order valence-corrected chi connectivity index (χ1v) is 7.01. The minimum atomic E-state index is 0.411. The molecule has 2 rings (SSSR count). The van der Waals surface area contributed by atoms with E-state index in [9.17, 15) is 0 Å². The van der Waals surface area contributed by atoms with Gasteiger partial charge in [-0.1, -0.05) is 26.0 Å². The number of benzene rings is 1. The molecule has 0 spiro atoms. The third-order valence-corrected chi connectivity index (χ3v) is 3.87. The summed E-state index contributed by atoms with van der Waals surface area (Å²) in [7, 11) is 0. The van der Waals surface area contributed by atoms with E-state index in [0.717, 1.165) is 16.5 Å². The summed E-state index contributed by atoms with van der Waals surface area (Å²) in [5.74, 6) is 1.33. The van der Waals surface area contributed by atoms with Gasteiger partial charge < -0.3 is 4.74 Å². The molecule has 0 amide bonds. The zero-order chi connectivity index (χ0) is 13.8. The predicted octanol–water partition coefficient (Wildman–Crippen LogP) is 4.03. The summed E-state index contributed by atoms with van der Waals surface area (Å²) in [5.41, 5.74) is 2.03. The molecule has 98 valence electrons. The molecule has 0 atom stereocenters. The van der Waals surface area contributed by atoms with E-state index in [-0.39, 0.29) is 0 Å². The Labute approximate surface area is 117 Å². The molecule has 2 aromatic rings. The van der Waals surface area contributed by atoms with E-state index in [1.165, 1.54) is 16.9 Å². The molecule has 0 aliphatic rings. The van der Waals surface area contributed by atoms with Gasteiger partial charge in [-0.15, -0.1) is 11.3 Å². The van der Waals surface area contributed by atoms with E-state index >= 15 is 0 Å². The van der Waals surface area contributed by atoms with Gasteiger partial charge in [-0.25, -0.2) is 4.98 Å². The molecule has 0 unspecified atom stereocenters. The molecule has 1 aromatic heterocycles. The molecule has 3 nitrogen and oxygen atoms in total. The Kier molecular flexibility index (Phi) is 4.18. The van der Waals surface area contributed by atoms with E-state index in [1.807, 2.05) is 19.1 Å². The van der Waals surface area contributed by atoms with Crippen LogP contribution in [-0.2, 0) is 6.61 Å². The Bertz CT molecular complexity index is 611. The van der Waals surface area contributed by atoms with Gasteiger partial charge in [-0.2, -0.15) is 5.26 Å². The lowest BCUT2D eigenvalue weighted by atomic mass is 10.0. The van der Waals surface area contributed by atoms with Crippen LogP contribution in [0.1, 0.15) is 40.9 Å². The van der Waals surface area contributed by atoms with Gasteiger partial charge in [0.2, 0.25) is 0 Å². The highest BCUT2D eigenvalue weighted by Crippen LogP contribution is 2.22. The van der Waals surface area contributed by atoms with Crippen molar-refractivity contribution in [3.8, 4) is 11.8 Å². The summed E-state index contributed by atoms with van der Waals surface area (Å²) in [6.45, 7) is 6.57. The van der Waals surface area contributed by atoms with Gasteiger partial charge in [0.05, 0.1) is 5.69 Å². The maximum atomic E-state index is 8.89. The zero-order valence-corrected chi connectivity index (χ0v) is 12.1. The number of thiazole rings is 1. The van der Waals surface area contributed by atoms with Crippen molar-refractivity contribution in [1.29, 1.82) is 5.26 Å². The van der Waals surface area contributed by atoms with Crippen molar-refractivity contribution in [3.63, 3.8) is 0 Å². The first-order valence-electron chi connectivity index (χ1n) is 6.19. The first kappa shape index (κ1) is 13.6. The van der Waals surface area contributed by atoms with E-state index in [4.69, 9.17) is 10.00 Å². The fourth-order valence-corrected chi connectivity index (χ4v) is 2.50. The summed E-state index contributed by atoms with van der Waals surface area (Å²) >= 11 is 1.39. The minimum absolute atomic E-state index is 0.411. The highest BCUT2D eigenvalue weighted by molar-refractivity contribution is 7.12. The van der Waals surface area contributed by atoms with Crippen molar-refractivity contribution >= 4 is 11.3 Å². The Morgan fingerprint density at radius 2 is 2.21 bits per heavy atom.